The Balaban J connectivity index is 0.000000234. The lowest BCUT2D eigenvalue weighted by atomic mass is 9.99. The molecular weight excluding hydrogens is 998 g/mol. The van der Waals surface area contributed by atoms with Gasteiger partial charge < -0.3 is 32.8 Å². The van der Waals surface area contributed by atoms with E-state index in [4.69, 9.17) is 33.9 Å². The molecule has 8 aromatic rings. The number of imidazole rings is 2. The van der Waals surface area contributed by atoms with Crippen LogP contribution in [0.5, 0.6) is 5.88 Å². The third kappa shape index (κ3) is 11.3. The summed E-state index contributed by atoms with van der Waals surface area (Å²) in [5, 5.41) is 28.3. The van der Waals surface area contributed by atoms with E-state index >= 15 is 4.39 Å². The van der Waals surface area contributed by atoms with Crippen molar-refractivity contribution in [3.8, 4) is 35.3 Å². The van der Waals surface area contributed by atoms with Gasteiger partial charge in [-0.15, -0.1) is 0 Å². The maximum atomic E-state index is 15.8. The Morgan fingerprint density at radius 2 is 1.17 bits per heavy atom. The molecule has 0 aliphatic rings. The van der Waals surface area contributed by atoms with E-state index in [9.17, 15) is 28.9 Å². The molecule has 0 spiro atoms. The molecule has 0 unspecified atom stereocenters. The summed E-state index contributed by atoms with van der Waals surface area (Å²) in [6.45, 7) is 1.55. The summed E-state index contributed by atoms with van der Waals surface area (Å²) in [6, 6.07) is 31.1. The standard InChI is InChI=1S/C33H25F2N5O4.C20H17BrFN3O3/c1-42-13-12-40-29-15-22(33(41)43-2)9-11-28(29)38-30(40)16-21-8-10-24(32(35)25(21)18-37)27-4-3-5-31(39-27)44-19-23-7-6-20(17-36)14-26(23)34;1-27-8-7-25-17-9-13(20(26)28-2)4-6-16(17)24-18(25)10-12-3-5-15(21)19(22)14(12)11-23/h3-11,14-15H,12-13,16,19H2,1-2H3;3-6,9H,7-8,10H2,1-2H3. The van der Waals surface area contributed by atoms with Gasteiger partial charge in [-0.1, -0.05) is 24.3 Å². The summed E-state index contributed by atoms with van der Waals surface area (Å²) in [4.78, 5) is 37.7. The van der Waals surface area contributed by atoms with Crippen molar-refractivity contribution in [1.82, 2.24) is 24.1 Å². The number of ether oxygens (including phenoxy) is 5. The molecule has 0 aliphatic carbocycles. The molecule has 0 saturated heterocycles. The molecular formula is C53H42BrF3N8O7. The van der Waals surface area contributed by atoms with E-state index in [-0.39, 0.29) is 63.3 Å². The molecule has 0 amide bonds. The molecule has 3 aromatic heterocycles. The predicted molar refractivity (Wildman–Crippen MR) is 260 cm³/mol. The number of nitrogens with zero attached hydrogens (tertiary/aromatic N) is 8. The van der Waals surface area contributed by atoms with Gasteiger partial charge in [0.05, 0.1) is 93.6 Å². The van der Waals surface area contributed by atoms with Crippen LogP contribution < -0.4 is 4.74 Å². The van der Waals surface area contributed by atoms with Gasteiger partial charge in [-0.25, -0.2) is 37.7 Å². The molecule has 15 nitrogen and oxygen atoms in total. The number of rotatable bonds is 16. The number of carbonyl (C=O) groups is 2. The van der Waals surface area contributed by atoms with Gasteiger partial charge >= 0.3 is 11.9 Å². The SMILES string of the molecule is COCCn1c(Cc2ccc(-c3cccc(OCc4ccc(C#N)cc4F)n3)c(F)c2C#N)nc2ccc(C(=O)OC)cc21.COCCn1c(Cc2ccc(Br)c(F)c2C#N)nc2ccc(C(=O)OC)cc21. The van der Waals surface area contributed by atoms with Crippen molar-refractivity contribution >= 4 is 49.9 Å². The van der Waals surface area contributed by atoms with Gasteiger partial charge in [0.2, 0.25) is 5.88 Å². The van der Waals surface area contributed by atoms with Crippen molar-refractivity contribution in [1.29, 1.82) is 15.8 Å². The first kappa shape index (κ1) is 51.4. The van der Waals surface area contributed by atoms with Gasteiger partial charge in [0.25, 0.3) is 0 Å². The van der Waals surface area contributed by atoms with Gasteiger partial charge in [0.15, 0.2) is 11.6 Å². The Morgan fingerprint density at radius 1 is 0.625 bits per heavy atom. The van der Waals surface area contributed by atoms with Gasteiger partial charge in [-0.2, -0.15) is 15.8 Å². The second-order valence-electron chi connectivity index (χ2n) is 15.7. The second kappa shape index (κ2) is 23.5. The van der Waals surface area contributed by atoms with E-state index in [0.717, 1.165) is 11.6 Å². The molecule has 0 aliphatic heterocycles. The molecule has 0 bridgehead atoms. The summed E-state index contributed by atoms with van der Waals surface area (Å²) in [5.74, 6) is -1.51. The van der Waals surface area contributed by atoms with Crippen LogP contribution in [0.2, 0.25) is 0 Å². The summed E-state index contributed by atoms with van der Waals surface area (Å²) >= 11 is 3.10. The first-order chi connectivity index (χ1) is 34.9. The van der Waals surface area contributed by atoms with Crippen LogP contribution in [-0.4, -0.2) is 77.7 Å². The zero-order valence-electron chi connectivity index (χ0n) is 39.1. The summed E-state index contributed by atoms with van der Waals surface area (Å²) in [7, 11) is 5.79. The van der Waals surface area contributed by atoms with Gasteiger partial charge in [0, 0.05) is 57.3 Å². The molecule has 19 heteroatoms. The smallest absolute Gasteiger partial charge is 0.337 e. The quantitative estimate of drug-likeness (QED) is 0.0830. The maximum Gasteiger partial charge on any atom is 0.337 e. The Bertz CT molecular complexity index is 3490. The highest BCUT2D eigenvalue weighted by atomic mass is 79.9. The Morgan fingerprint density at radius 3 is 1.68 bits per heavy atom. The molecule has 0 radical (unpaired) electrons. The third-order valence-corrected chi connectivity index (χ3v) is 12.0. The number of benzene rings is 5. The third-order valence-electron chi connectivity index (χ3n) is 11.4. The largest absolute Gasteiger partial charge is 0.473 e. The minimum Gasteiger partial charge on any atom is -0.473 e. The monoisotopic (exact) mass is 1040 g/mol. The number of methoxy groups -OCH3 is 4. The summed E-state index contributed by atoms with van der Waals surface area (Å²) in [5.41, 5.74) is 5.03. The van der Waals surface area contributed by atoms with Crippen molar-refractivity contribution in [2.75, 3.05) is 41.7 Å². The van der Waals surface area contributed by atoms with Gasteiger partial charge in [-0.3, -0.25) is 0 Å². The fraction of sp³-hybridized carbons (Fsp3) is 0.208. The fourth-order valence-electron chi connectivity index (χ4n) is 7.78. The van der Waals surface area contributed by atoms with Crippen LogP contribution in [0.15, 0.2) is 102 Å². The minimum atomic E-state index is -0.750. The first-order valence-electron chi connectivity index (χ1n) is 21.9. The molecule has 364 valence electrons. The van der Waals surface area contributed by atoms with Crippen molar-refractivity contribution in [3.63, 3.8) is 0 Å². The zero-order valence-corrected chi connectivity index (χ0v) is 40.7. The number of nitriles is 3. The van der Waals surface area contributed by atoms with Crippen molar-refractivity contribution in [3.05, 3.63) is 175 Å². The maximum absolute atomic E-state index is 15.8. The Labute approximate surface area is 419 Å². The predicted octanol–water partition coefficient (Wildman–Crippen LogP) is 9.56. The molecule has 0 saturated carbocycles. The number of carbonyl (C=O) groups excluding carboxylic acids is 2. The van der Waals surface area contributed by atoms with Gasteiger partial charge in [-0.05, 0) is 93.8 Å². The van der Waals surface area contributed by atoms with Crippen LogP contribution in [0.4, 0.5) is 13.2 Å². The number of esters is 2. The molecule has 72 heavy (non-hydrogen) atoms. The zero-order chi connectivity index (χ0) is 51.5. The minimum absolute atomic E-state index is 0.0185. The summed E-state index contributed by atoms with van der Waals surface area (Å²) < 4.78 is 74.1. The van der Waals surface area contributed by atoms with Crippen LogP contribution in [-0.2, 0) is 51.5 Å². The number of hydrogen-bond acceptors (Lipinski definition) is 13. The lowest BCUT2D eigenvalue weighted by Gasteiger charge is -2.12. The number of halogens is 4. The van der Waals surface area contributed by atoms with E-state index in [1.807, 2.05) is 27.3 Å². The fourth-order valence-corrected chi connectivity index (χ4v) is 8.11. The highest BCUT2D eigenvalue weighted by Crippen LogP contribution is 2.31. The van der Waals surface area contributed by atoms with Crippen molar-refractivity contribution in [2.24, 2.45) is 0 Å². The van der Waals surface area contributed by atoms with Crippen molar-refractivity contribution < 1.29 is 46.4 Å². The van der Waals surface area contributed by atoms with Crippen LogP contribution in [0.3, 0.4) is 0 Å². The lowest BCUT2D eigenvalue weighted by Crippen LogP contribution is -2.10. The molecule has 5 aromatic carbocycles. The van der Waals surface area contributed by atoms with Crippen LogP contribution in [0.1, 0.15) is 65.7 Å². The number of pyridine rings is 1. The summed E-state index contributed by atoms with van der Waals surface area (Å²) in [6.07, 6.45) is 0.401. The molecule has 0 atom stereocenters. The van der Waals surface area contributed by atoms with Crippen LogP contribution in [0.25, 0.3) is 33.3 Å². The highest BCUT2D eigenvalue weighted by Gasteiger charge is 2.22. The molecule has 3 heterocycles. The van der Waals surface area contributed by atoms with E-state index in [1.165, 1.54) is 32.4 Å². The van der Waals surface area contributed by atoms with Gasteiger partial charge in [0.1, 0.15) is 36.2 Å². The number of aromatic nitrogens is 5. The average molecular weight is 1040 g/mol. The van der Waals surface area contributed by atoms with Crippen LogP contribution in [0, 0.1) is 51.4 Å². The van der Waals surface area contributed by atoms with E-state index in [1.54, 1.807) is 87.0 Å². The normalized spacial score (nSPS) is 10.8. The Hall–Kier alpha value is -8.41. The number of hydrogen-bond donors (Lipinski definition) is 0. The van der Waals surface area contributed by atoms with E-state index in [2.05, 4.69) is 25.9 Å². The van der Waals surface area contributed by atoms with Crippen LogP contribution >= 0.6 is 15.9 Å². The molecule has 8 rings (SSSR count). The lowest BCUT2D eigenvalue weighted by molar-refractivity contribution is 0.0592. The molecule has 0 fully saturated rings. The second-order valence-corrected chi connectivity index (χ2v) is 16.6. The molecule has 0 N–H and O–H groups in total. The van der Waals surface area contributed by atoms with E-state index < -0.39 is 29.4 Å². The number of fused-ring (bicyclic) bond motifs is 2. The highest BCUT2D eigenvalue weighted by molar-refractivity contribution is 9.10. The van der Waals surface area contributed by atoms with E-state index in [0.29, 0.717) is 76.8 Å². The topological polar surface area (TPSA) is 200 Å². The first-order valence-corrected chi connectivity index (χ1v) is 22.7. The van der Waals surface area contributed by atoms with Crippen molar-refractivity contribution in [2.45, 2.75) is 32.5 Å². The Kier molecular flexibility index (Phi) is 16.8. The average Bonchev–Trinajstić information content (AvgIpc) is 3.92.